The average Bonchev–Trinajstić information content (AvgIpc) is 0.850. The number of halogens is 1. The van der Waals surface area contributed by atoms with E-state index in [0.29, 0.717) is 35.9 Å². The molecule has 129 heavy (non-hydrogen) atoms. The molecule has 15 fully saturated rings. The summed E-state index contributed by atoms with van der Waals surface area (Å²) in [5, 5.41) is 27.3. The molecule has 3 N–H and O–H groups in total. The standard InChI is InChI=1S/3C13H17NO.2C7H13NO.C6H5I.C6H6O.2C4H12B2.4C3H8.4C2H6.4CH4.12CH3.4Sn/c3*1-2-4-12(5-3-1)15-13-10-14-8-6-11(13)7-9-14;2*9-7-5-8-3-1-6(7)2-4-8;2*7-6-4-2-1-3-5-6;2*1-5(2)6(3)4;4*1-3-2;4*1-2;;;;;;;;;;;;;;;;;;;;/h3*1-5,11,13H,6-10H2;2*6-7,9H,1-5H2;1-5H;1-5,7H;2*1-4H3;4*3H2,1-2H3;4*1-2H3;4*1H4;12*1H3;;;;/t3*13-;2*7-;;;;;;;;;;;;;;;;;;;;;;;;;;;;;;;;/m00010................................/s1. The number of fused-ring (bicyclic) bond motifs is 15. The quantitative estimate of drug-likeness (QED) is 0.102. The molecule has 20 heteroatoms. The molecular formula is C109H220B4IN5O6Sn4. The Morgan fingerprint density at radius 2 is 0.426 bits per heavy atom. The first-order chi connectivity index (χ1) is 59.6. The fourth-order valence-corrected chi connectivity index (χ4v) is 13.3. The summed E-state index contributed by atoms with van der Waals surface area (Å²) in [4.78, 5) is 40.6. The third kappa shape index (κ3) is 89.6. The number of para-hydroxylation sites is 4. The summed E-state index contributed by atoms with van der Waals surface area (Å²) >= 11 is 0.106. The van der Waals surface area contributed by atoms with E-state index in [4.69, 9.17) is 19.3 Å². The fourth-order valence-electron chi connectivity index (χ4n) is 12.9. The molecule has 0 amide bonds. The molecular weight excluding hydrogens is 2120 g/mol. The zero-order valence-corrected chi connectivity index (χ0v) is 102. The Morgan fingerprint density at radius 3 is 0.519 bits per heavy atom. The van der Waals surface area contributed by atoms with Crippen molar-refractivity contribution in [3.8, 4) is 23.0 Å². The van der Waals surface area contributed by atoms with E-state index >= 15 is 0 Å². The van der Waals surface area contributed by atoms with Crippen molar-refractivity contribution in [2.24, 2.45) is 29.6 Å². The largest absolute Gasteiger partial charge is 0.489 e. The van der Waals surface area contributed by atoms with Crippen LogP contribution in [0.15, 0.2) is 152 Å². The molecule has 0 unspecified atom stereocenters. The first kappa shape index (κ1) is 148. The number of phenolic OH excluding ortho intramolecular Hbond substituents is 1. The van der Waals surface area contributed by atoms with Crippen molar-refractivity contribution in [1.29, 1.82) is 0 Å². The van der Waals surface area contributed by atoms with Gasteiger partial charge in [-0.2, -0.15) is 0 Å². The maximum atomic E-state index is 9.36. The van der Waals surface area contributed by atoms with Crippen LogP contribution in [0.1, 0.15) is 230 Å². The molecule has 10 bridgehead atoms. The molecule has 0 aliphatic carbocycles. The van der Waals surface area contributed by atoms with Crippen LogP contribution in [0.5, 0.6) is 23.0 Å². The molecule has 11 nitrogen and oxygen atoms in total. The normalized spacial score (nSPS) is 22.3. The predicted molar refractivity (Wildman–Crippen MR) is 617 cm³/mol. The van der Waals surface area contributed by atoms with Gasteiger partial charge in [-0.3, -0.25) is 14.7 Å². The van der Waals surface area contributed by atoms with E-state index in [1.54, 1.807) is 24.3 Å². The third-order valence-corrected chi connectivity index (χ3v) is 21.0. The van der Waals surface area contributed by atoms with E-state index < -0.39 is 79.0 Å². The van der Waals surface area contributed by atoms with Crippen LogP contribution in [0, 0.1) is 33.2 Å². The van der Waals surface area contributed by atoms with E-state index in [9.17, 15) is 10.2 Å². The van der Waals surface area contributed by atoms with Gasteiger partial charge in [0, 0.05) is 36.3 Å². The van der Waals surface area contributed by atoms with Crippen molar-refractivity contribution in [3.63, 3.8) is 0 Å². The van der Waals surface area contributed by atoms with Crippen LogP contribution in [-0.2, 0) is 0 Å². The van der Waals surface area contributed by atoms with E-state index in [0.717, 1.165) is 94.1 Å². The van der Waals surface area contributed by atoms with Crippen molar-refractivity contribution < 1.29 is 29.5 Å². The van der Waals surface area contributed by atoms with Gasteiger partial charge in [-0.05, 0) is 242 Å². The van der Waals surface area contributed by atoms with Crippen LogP contribution >= 0.6 is 22.6 Å². The number of aromatic hydroxyl groups is 1. The number of hydrogen-bond acceptors (Lipinski definition) is 11. The summed E-state index contributed by atoms with van der Waals surface area (Å²) in [7, 11) is 0. The first-order valence-corrected chi connectivity index (χ1v) is 85.6. The molecule has 0 aromatic heterocycles. The van der Waals surface area contributed by atoms with Gasteiger partial charge < -0.3 is 39.3 Å². The predicted octanol–water partition coefficient (Wildman–Crippen LogP) is 31.3. The minimum atomic E-state index is -0.543. The van der Waals surface area contributed by atoms with E-state index in [1.165, 1.54) is 159 Å². The summed E-state index contributed by atoms with van der Waals surface area (Å²) < 4.78 is 19.4. The zero-order chi connectivity index (χ0) is 96.5. The molecule has 4 radical (unpaired) electrons. The van der Waals surface area contributed by atoms with Gasteiger partial charge in [0.25, 0.3) is 0 Å². The smallest absolute Gasteiger partial charge is 0.119 e. The van der Waals surface area contributed by atoms with Crippen molar-refractivity contribution in [1.82, 2.24) is 24.5 Å². The maximum absolute atomic E-state index is 9.36. The molecule has 0 spiro atoms. The molecule has 5 aromatic carbocycles. The Balaban J connectivity index is -0.000000149. The molecule has 0 saturated carbocycles. The van der Waals surface area contributed by atoms with Gasteiger partial charge in [0.05, 0.1) is 12.2 Å². The van der Waals surface area contributed by atoms with Crippen LogP contribution in [0.3, 0.4) is 0 Å². The van der Waals surface area contributed by atoms with E-state index in [2.05, 4.69) is 265 Å². The Morgan fingerprint density at radius 1 is 0.279 bits per heavy atom. The fraction of sp³-hybridized carbons (Fsp3) is 0.725. The summed E-state index contributed by atoms with van der Waals surface area (Å²) in [6.45, 7) is 72.1. The Labute approximate surface area is 854 Å². The van der Waals surface area contributed by atoms with Crippen molar-refractivity contribution >= 4 is 128 Å². The number of nitrogens with zero attached hydrogens (tertiary/aromatic N) is 5. The average molecular weight is 2340 g/mol. The molecule has 15 heterocycles. The number of hydrogen-bond donors (Lipinski definition) is 3. The maximum Gasteiger partial charge on any atom is 0.119 e. The molecule has 5 atom stereocenters. The van der Waals surface area contributed by atoms with Gasteiger partial charge in [-0.1, -0.05) is 312 Å². The van der Waals surface area contributed by atoms with Gasteiger partial charge in [0.1, 0.15) is 67.7 Å². The summed E-state index contributed by atoms with van der Waals surface area (Å²) in [6.07, 6.45) is 19.1. The molecule has 15 saturated heterocycles. The van der Waals surface area contributed by atoms with Crippen LogP contribution < -0.4 is 14.2 Å². The van der Waals surface area contributed by atoms with E-state index in [-0.39, 0.29) is 41.9 Å². The topological polar surface area (TPSA) is 105 Å². The van der Waals surface area contributed by atoms with Gasteiger partial charge in [-0.25, -0.2) is 0 Å². The zero-order valence-electron chi connectivity index (χ0n) is 88.7. The molecule has 5 aromatic rings. The summed E-state index contributed by atoms with van der Waals surface area (Å²) in [5.74, 6) is 7.02. The Bertz CT molecular complexity index is 2590. The number of rotatable bonds is 8. The van der Waals surface area contributed by atoms with Crippen molar-refractivity contribution in [2.75, 3.05) is 98.2 Å². The number of benzene rings is 5. The second-order valence-corrected chi connectivity index (χ2v) is 72.2. The van der Waals surface area contributed by atoms with Crippen LogP contribution in [0.25, 0.3) is 0 Å². The second-order valence-electron chi connectivity index (χ2n) is 36.7. The summed E-state index contributed by atoms with van der Waals surface area (Å²) in [5.41, 5.74) is 0. The minimum Gasteiger partial charge on any atom is -0.489 e. The summed E-state index contributed by atoms with van der Waals surface area (Å²) in [6, 6.07) is 49.6. The van der Waals surface area contributed by atoms with Gasteiger partial charge in [0.2, 0.25) is 0 Å². The number of ether oxygens (including phenoxy) is 3. The molecule has 752 valence electrons. The van der Waals surface area contributed by atoms with Gasteiger partial charge in [-0.15, -0.1) is 0 Å². The number of aliphatic hydroxyl groups is 2. The van der Waals surface area contributed by atoms with Crippen LogP contribution in [0.4, 0.5) is 0 Å². The van der Waals surface area contributed by atoms with Crippen LogP contribution in [-0.4, -0.2) is 274 Å². The number of piperidine rings is 15. The monoisotopic (exact) mass is 2350 g/mol. The SMILES string of the molecule is C.C.C.C.CB(C)B(C)C.CB(C)B(C)C.CC.CC.CC.CC.CCC.CCC.CCC.CCC.Ic1ccccc1.O[C@@H]1CN2CCC1CC2.O[C@H]1CN2CCC1CC2.Oc1ccccc1.[CH3][Sn]([CH3])[CH3].[CH3][Sn]([CH3])[CH3].[CH3][Sn]([CH3])[CH3].[CH3][Sn]([CH3])[CH3].c1ccc(O[C@H]2CN3CCC2CC3)cc1.c1ccc(O[C@H]2CN3CCC2CC3)cc1.c1ccc(O[C@H]2CN3CCC2CC3)cc1. The second kappa shape index (κ2) is 103. The van der Waals surface area contributed by atoms with Crippen molar-refractivity contribution in [2.45, 2.75) is 375 Å². The van der Waals surface area contributed by atoms with Crippen molar-refractivity contribution in [3.05, 3.63) is 155 Å². The minimum absolute atomic E-state index is 0. The Hall–Kier alpha value is -0.795. The number of phenols is 1. The van der Waals surface area contributed by atoms with Gasteiger partial charge >= 0.3 is 138 Å². The molecule has 20 rings (SSSR count). The molecule has 15 aliphatic heterocycles. The van der Waals surface area contributed by atoms with Crippen LogP contribution in [0.2, 0.25) is 114 Å². The number of aliphatic hydroxyl groups excluding tert-OH is 2. The molecule has 15 aliphatic rings. The van der Waals surface area contributed by atoms with Gasteiger partial charge in [0.15, 0.2) is 0 Å². The van der Waals surface area contributed by atoms with E-state index in [1.807, 2.05) is 134 Å². The Kier molecular flexibility index (Phi) is 119. The third-order valence-electron chi connectivity index (χ3n) is 20.3. The first-order valence-electron chi connectivity index (χ1n) is 50.3.